The largest absolute Gasteiger partial charge is 0.472 e. The highest BCUT2D eigenvalue weighted by molar-refractivity contribution is 6.74. The zero-order chi connectivity index (χ0) is 17.4. The number of carbonyl (C=O) groups excluding carboxylic acids is 1. The fourth-order valence-electron chi connectivity index (χ4n) is 2.86. The highest BCUT2D eigenvalue weighted by atomic mass is 28.4. The van der Waals surface area contributed by atoms with Crippen molar-refractivity contribution in [1.29, 1.82) is 0 Å². The van der Waals surface area contributed by atoms with Gasteiger partial charge < -0.3 is 13.9 Å². The van der Waals surface area contributed by atoms with E-state index >= 15 is 0 Å². The number of allylic oxidation sites excluding steroid dienone is 2. The Labute approximate surface area is 140 Å². The smallest absolute Gasteiger partial charge is 0.337 e. The normalized spacial score (nSPS) is 27.5. The van der Waals surface area contributed by atoms with Gasteiger partial charge in [-0.25, -0.2) is 4.79 Å². The van der Waals surface area contributed by atoms with Gasteiger partial charge in [0.2, 0.25) is 0 Å². The average Bonchev–Trinajstić information content (AvgIpc) is 2.89. The molecule has 4 nitrogen and oxygen atoms in total. The Morgan fingerprint density at radius 3 is 2.61 bits per heavy atom. The van der Waals surface area contributed by atoms with E-state index in [9.17, 15) is 4.79 Å². The topological polar surface area (TPSA) is 44.8 Å². The Kier molecular flexibility index (Phi) is 4.92. The summed E-state index contributed by atoms with van der Waals surface area (Å²) in [6.07, 6.45) is 5.91. The lowest BCUT2D eigenvalue weighted by Crippen LogP contribution is -2.48. The van der Waals surface area contributed by atoms with Crippen LogP contribution in [0.3, 0.4) is 0 Å². The average molecular weight is 337 g/mol. The van der Waals surface area contributed by atoms with Gasteiger partial charge in [0.25, 0.3) is 0 Å². The lowest BCUT2D eigenvalue weighted by Gasteiger charge is -2.43. The lowest BCUT2D eigenvalue weighted by atomic mass is 9.83. The van der Waals surface area contributed by atoms with Crippen molar-refractivity contribution in [1.82, 2.24) is 0 Å². The molecule has 23 heavy (non-hydrogen) atoms. The fraction of sp³-hybridized carbons (Fsp3) is 0.611. The van der Waals surface area contributed by atoms with Gasteiger partial charge in [0.05, 0.1) is 24.9 Å². The minimum absolute atomic E-state index is 0.000671. The van der Waals surface area contributed by atoms with Crippen molar-refractivity contribution >= 4 is 14.3 Å². The molecule has 128 valence electrons. The monoisotopic (exact) mass is 336 g/mol. The van der Waals surface area contributed by atoms with E-state index in [2.05, 4.69) is 46.5 Å². The third-order valence-electron chi connectivity index (χ3n) is 5.32. The van der Waals surface area contributed by atoms with Gasteiger partial charge in [0.1, 0.15) is 0 Å². The summed E-state index contributed by atoms with van der Waals surface area (Å²) in [5, 5.41) is 0.0921. The molecule has 2 rings (SSSR count). The first-order chi connectivity index (χ1) is 10.6. The van der Waals surface area contributed by atoms with Crippen LogP contribution in [0.4, 0.5) is 0 Å². The SMILES string of the molecule is C=CC1=CCC2C(C(=O)OC)=COC(O[Si](C)(C)C(C)(C)C)C12. The van der Waals surface area contributed by atoms with Crippen molar-refractivity contribution in [3.8, 4) is 0 Å². The molecule has 0 amide bonds. The van der Waals surface area contributed by atoms with Crippen LogP contribution in [-0.2, 0) is 18.7 Å². The highest BCUT2D eigenvalue weighted by Crippen LogP contribution is 2.46. The zero-order valence-corrected chi connectivity index (χ0v) is 16.0. The number of rotatable bonds is 4. The standard InChI is InChI=1S/C18H28O4Si/c1-8-12-9-10-13-14(16(19)20-5)11-21-17(15(12)13)22-23(6,7)18(2,3)4/h8-9,11,13,15,17H,1,10H2,2-7H3. The minimum Gasteiger partial charge on any atom is -0.472 e. The van der Waals surface area contributed by atoms with E-state index in [1.807, 2.05) is 6.08 Å². The van der Waals surface area contributed by atoms with Crippen LogP contribution in [0.15, 0.2) is 36.1 Å². The Balaban J connectivity index is 2.31. The van der Waals surface area contributed by atoms with E-state index in [4.69, 9.17) is 13.9 Å². The number of carbonyl (C=O) groups is 1. The van der Waals surface area contributed by atoms with Gasteiger partial charge in [0, 0.05) is 5.92 Å². The van der Waals surface area contributed by atoms with E-state index in [0.29, 0.717) is 5.57 Å². The number of ether oxygens (including phenoxy) is 2. The van der Waals surface area contributed by atoms with Gasteiger partial charge >= 0.3 is 5.97 Å². The molecular weight excluding hydrogens is 308 g/mol. The summed E-state index contributed by atoms with van der Waals surface area (Å²) >= 11 is 0. The number of methoxy groups -OCH3 is 1. The Bertz CT molecular complexity index is 554. The van der Waals surface area contributed by atoms with Crippen LogP contribution in [0, 0.1) is 11.8 Å². The van der Waals surface area contributed by atoms with Crippen molar-refractivity contribution in [2.45, 2.75) is 51.6 Å². The number of hydrogen-bond donors (Lipinski definition) is 0. The van der Waals surface area contributed by atoms with Gasteiger partial charge in [-0.15, -0.1) is 0 Å². The van der Waals surface area contributed by atoms with Crippen LogP contribution in [0.25, 0.3) is 0 Å². The van der Waals surface area contributed by atoms with Crippen LogP contribution in [-0.4, -0.2) is 27.7 Å². The van der Waals surface area contributed by atoms with Gasteiger partial charge in [-0.3, -0.25) is 0 Å². The van der Waals surface area contributed by atoms with E-state index in [1.165, 1.54) is 13.4 Å². The van der Waals surface area contributed by atoms with Crippen LogP contribution in [0.1, 0.15) is 27.2 Å². The molecule has 0 saturated heterocycles. The predicted octanol–water partition coefficient (Wildman–Crippen LogP) is 4.17. The first-order valence-electron chi connectivity index (χ1n) is 8.06. The second-order valence-electron chi connectivity index (χ2n) is 7.72. The molecule has 1 heterocycles. The molecule has 0 aromatic heterocycles. The number of fused-ring (bicyclic) bond motifs is 1. The van der Waals surface area contributed by atoms with E-state index in [0.717, 1.165) is 12.0 Å². The van der Waals surface area contributed by atoms with Crippen LogP contribution >= 0.6 is 0 Å². The molecule has 0 spiro atoms. The van der Waals surface area contributed by atoms with Gasteiger partial charge in [0.15, 0.2) is 14.6 Å². The number of hydrogen-bond acceptors (Lipinski definition) is 4. The Morgan fingerprint density at radius 2 is 2.09 bits per heavy atom. The fourth-order valence-corrected chi connectivity index (χ4v) is 4.00. The summed E-state index contributed by atoms with van der Waals surface area (Å²) in [5.41, 5.74) is 1.67. The van der Waals surface area contributed by atoms with Crippen LogP contribution in [0.5, 0.6) is 0 Å². The van der Waals surface area contributed by atoms with Crippen molar-refractivity contribution in [3.05, 3.63) is 36.1 Å². The zero-order valence-electron chi connectivity index (χ0n) is 15.0. The molecule has 0 saturated carbocycles. The summed E-state index contributed by atoms with van der Waals surface area (Å²) in [6.45, 7) is 14.9. The molecular formula is C18H28O4Si. The Hall–Kier alpha value is -1.33. The molecule has 3 atom stereocenters. The second kappa shape index (κ2) is 6.28. The molecule has 2 aliphatic rings. The molecule has 0 bridgehead atoms. The maximum Gasteiger partial charge on any atom is 0.337 e. The number of esters is 1. The van der Waals surface area contributed by atoms with Crippen molar-refractivity contribution in [2.24, 2.45) is 11.8 Å². The molecule has 0 aromatic carbocycles. The quantitative estimate of drug-likeness (QED) is 0.571. The van der Waals surface area contributed by atoms with Crippen molar-refractivity contribution < 1.29 is 18.7 Å². The predicted molar refractivity (Wildman–Crippen MR) is 93.1 cm³/mol. The minimum atomic E-state index is -1.98. The molecule has 0 aromatic rings. The van der Waals surface area contributed by atoms with Gasteiger partial charge in [-0.05, 0) is 30.1 Å². The second-order valence-corrected chi connectivity index (χ2v) is 12.5. The lowest BCUT2D eigenvalue weighted by molar-refractivity contribution is -0.140. The van der Waals surface area contributed by atoms with E-state index < -0.39 is 8.32 Å². The van der Waals surface area contributed by atoms with Gasteiger partial charge in [-0.1, -0.05) is 39.5 Å². The molecule has 0 radical (unpaired) electrons. The summed E-state index contributed by atoms with van der Waals surface area (Å²) < 4.78 is 17.2. The van der Waals surface area contributed by atoms with Crippen LogP contribution in [0.2, 0.25) is 18.1 Å². The van der Waals surface area contributed by atoms with E-state index in [1.54, 1.807) is 0 Å². The summed E-state index contributed by atoms with van der Waals surface area (Å²) in [7, 11) is -0.588. The molecule has 5 heteroatoms. The van der Waals surface area contributed by atoms with Gasteiger partial charge in [-0.2, -0.15) is 0 Å². The first kappa shape index (κ1) is 18.0. The Morgan fingerprint density at radius 1 is 1.43 bits per heavy atom. The summed E-state index contributed by atoms with van der Waals surface area (Å²) in [5.74, 6) is -0.288. The highest BCUT2D eigenvalue weighted by Gasteiger charge is 2.48. The molecule has 3 unspecified atom stereocenters. The van der Waals surface area contributed by atoms with Crippen LogP contribution < -0.4 is 0 Å². The molecule has 0 N–H and O–H groups in total. The summed E-state index contributed by atoms with van der Waals surface area (Å²) in [6, 6.07) is 0. The maximum atomic E-state index is 12.0. The summed E-state index contributed by atoms with van der Waals surface area (Å²) in [4.78, 5) is 12.0. The first-order valence-corrected chi connectivity index (χ1v) is 11.0. The maximum absolute atomic E-state index is 12.0. The molecule has 0 fully saturated rings. The van der Waals surface area contributed by atoms with E-state index in [-0.39, 0.29) is 29.1 Å². The molecule has 1 aliphatic heterocycles. The third-order valence-corrected chi connectivity index (χ3v) is 9.76. The third kappa shape index (κ3) is 3.31. The molecule has 1 aliphatic carbocycles. The van der Waals surface area contributed by atoms with Crippen molar-refractivity contribution in [2.75, 3.05) is 7.11 Å². The van der Waals surface area contributed by atoms with Crippen molar-refractivity contribution in [3.63, 3.8) is 0 Å².